The predicted octanol–water partition coefficient (Wildman–Crippen LogP) is -0.127. The highest BCUT2D eigenvalue weighted by molar-refractivity contribution is 5.55. The van der Waals surface area contributed by atoms with Gasteiger partial charge < -0.3 is 17.3 Å². The Labute approximate surface area is 154 Å². The molecule has 0 atom stereocenters. The van der Waals surface area contributed by atoms with E-state index in [0.29, 0.717) is 0 Å². The molecule has 1 aliphatic rings. The summed E-state index contributed by atoms with van der Waals surface area (Å²) in [4.78, 5) is 2.39. The molecule has 0 saturated heterocycles. The van der Waals surface area contributed by atoms with Gasteiger partial charge in [0, 0.05) is 18.8 Å². The number of benzene rings is 2. The van der Waals surface area contributed by atoms with E-state index < -0.39 is 0 Å². The van der Waals surface area contributed by atoms with Gasteiger partial charge >= 0.3 is 0 Å². The zero-order chi connectivity index (χ0) is 16.2. The number of tetrazole rings is 1. The molecule has 5 nitrogen and oxygen atoms in total. The highest BCUT2D eigenvalue weighted by Gasteiger charge is 2.18. The van der Waals surface area contributed by atoms with E-state index in [0.717, 1.165) is 38.3 Å². The highest BCUT2D eigenvalue weighted by Crippen LogP contribution is 2.27. The third kappa shape index (κ3) is 3.99. The molecule has 0 bridgehead atoms. The van der Waals surface area contributed by atoms with Gasteiger partial charge in [-0.05, 0) is 46.9 Å². The Morgan fingerprint density at radius 3 is 2.64 bits per heavy atom. The summed E-state index contributed by atoms with van der Waals surface area (Å²) < 4.78 is 1.93. The number of aryl methyl sites for hydroxylation is 3. The molecule has 1 aromatic heterocycles. The topological polar surface area (TPSA) is 46.8 Å². The highest BCUT2D eigenvalue weighted by atomic mass is 35.5. The van der Waals surface area contributed by atoms with Gasteiger partial charge in [0.2, 0.25) is 0 Å². The minimum atomic E-state index is 0. The van der Waals surface area contributed by atoms with Gasteiger partial charge in [-0.2, -0.15) is 0 Å². The van der Waals surface area contributed by atoms with Crippen LogP contribution in [0.5, 0.6) is 0 Å². The molecule has 0 fully saturated rings. The van der Waals surface area contributed by atoms with Crippen molar-refractivity contribution in [3.8, 4) is 0 Å². The molecule has 4 rings (SSSR count). The largest absolute Gasteiger partial charge is 1.00 e. The van der Waals surface area contributed by atoms with E-state index in [9.17, 15) is 0 Å². The number of halogens is 1. The van der Waals surface area contributed by atoms with Crippen molar-refractivity contribution in [3.05, 3.63) is 71.5 Å². The van der Waals surface area contributed by atoms with Crippen LogP contribution in [0.3, 0.4) is 0 Å². The lowest BCUT2D eigenvalue weighted by atomic mass is 10.0. The average molecular weight is 355 g/mol. The number of nitrogens with zero attached hydrogens (tertiary/aromatic N) is 5. The maximum absolute atomic E-state index is 4.26. The van der Waals surface area contributed by atoms with Crippen LogP contribution < -0.4 is 17.3 Å². The molecule has 0 spiro atoms. The Kier molecular flexibility index (Phi) is 5.66. The van der Waals surface area contributed by atoms with Crippen molar-refractivity contribution in [1.29, 1.82) is 0 Å². The van der Waals surface area contributed by atoms with E-state index in [2.05, 4.69) is 69.0 Å². The number of fused-ring (bicyclic) bond motifs is 1. The molecule has 0 N–H and O–H groups in total. The normalized spacial score (nSPS) is 13.2. The van der Waals surface area contributed by atoms with E-state index in [1.165, 1.54) is 23.2 Å². The molecule has 2 aromatic carbocycles. The fourth-order valence-electron chi connectivity index (χ4n) is 3.34. The molecule has 3 aromatic rings. The van der Waals surface area contributed by atoms with Gasteiger partial charge in [0.15, 0.2) is 5.82 Å². The summed E-state index contributed by atoms with van der Waals surface area (Å²) in [7, 11) is 0. The molecule has 0 saturated carbocycles. The van der Waals surface area contributed by atoms with Crippen LogP contribution in [-0.4, -0.2) is 26.8 Å². The second-order valence-corrected chi connectivity index (χ2v) is 6.21. The summed E-state index contributed by atoms with van der Waals surface area (Å²) >= 11 is 0. The Balaban J connectivity index is 0.00000182. The van der Waals surface area contributed by atoms with Gasteiger partial charge in [-0.1, -0.05) is 48.5 Å². The van der Waals surface area contributed by atoms with E-state index in [1.54, 1.807) is 0 Å². The predicted molar refractivity (Wildman–Crippen MR) is 93.8 cm³/mol. The zero-order valence-electron chi connectivity index (χ0n) is 14.1. The van der Waals surface area contributed by atoms with Gasteiger partial charge in [0.05, 0.1) is 6.54 Å². The summed E-state index contributed by atoms with van der Waals surface area (Å²) in [5.74, 6) is 0.933. The van der Waals surface area contributed by atoms with Crippen LogP contribution >= 0.6 is 0 Å². The quantitative estimate of drug-likeness (QED) is 0.640. The lowest BCUT2D eigenvalue weighted by Gasteiger charge is -2.30. The van der Waals surface area contributed by atoms with Crippen LogP contribution in [0, 0.1) is 0 Å². The number of hydrogen-bond donors (Lipinski definition) is 0. The van der Waals surface area contributed by atoms with Gasteiger partial charge in [0.25, 0.3) is 0 Å². The lowest BCUT2D eigenvalue weighted by molar-refractivity contribution is -0.00000501. The number of rotatable bonds is 5. The fraction of sp³-hybridized carbons (Fsp3) is 0.316. The molecule has 0 unspecified atom stereocenters. The summed E-state index contributed by atoms with van der Waals surface area (Å²) in [5.41, 5.74) is 4.05. The van der Waals surface area contributed by atoms with Crippen molar-refractivity contribution in [3.63, 3.8) is 0 Å². The Hall–Kier alpha value is -2.40. The van der Waals surface area contributed by atoms with Crippen molar-refractivity contribution in [2.24, 2.45) is 0 Å². The molecule has 0 radical (unpaired) electrons. The van der Waals surface area contributed by atoms with Crippen molar-refractivity contribution < 1.29 is 12.4 Å². The molecule has 6 heteroatoms. The Morgan fingerprint density at radius 2 is 1.76 bits per heavy atom. The molecule has 2 heterocycles. The van der Waals surface area contributed by atoms with Gasteiger partial charge in [0.1, 0.15) is 0 Å². The molecular formula is C19H21ClN5-. The van der Waals surface area contributed by atoms with Gasteiger partial charge in [-0.15, -0.1) is 5.10 Å². The number of anilines is 1. The van der Waals surface area contributed by atoms with Crippen LogP contribution in [0.25, 0.3) is 0 Å². The summed E-state index contributed by atoms with van der Waals surface area (Å²) in [6.07, 6.45) is 3.28. The first-order valence-corrected chi connectivity index (χ1v) is 8.52. The third-order valence-corrected chi connectivity index (χ3v) is 4.60. The van der Waals surface area contributed by atoms with Crippen LogP contribution in [0.15, 0.2) is 54.6 Å². The van der Waals surface area contributed by atoms with E-state index in [4.69, 9.17) is 0 Å². The second-order valence-electron chi connectivity index (χ2n) is 6.21. The minimum absolute atomic E-state index is 0. The zero-order valence-corrected chi connectivity index (χ0v) is 14.8. The maximum atomic E-state index is 4.26. The second kappa shape index (κ2) is 8.12. The molecular weight excluding hydrogens is 334 g/mol. The van der Waals surface area contributed by atoms with Crippen LogP contribution in [0.1, 0.15) is 23.4 Å². The minimum Gasteiger partial charge on any atom is -1.00 e. The Morgan fingerprint density at radius 1 is 0.960 bits per heavy atom. The number of aromatic nitrogens is 4. The molecule has 130 valence electrons. The van der Waals surface area contributed by atoms with E-state index in [-0.39, 0.29) is 12.4 Å². The van der Waals surface area contributed by atoms with Crippen molar-refractivity contribution in [2.75, 3.05) is 11.4 Å². The number of hydrogen-bond acceptors (Lipinski definition) is 4. The first kappa shape index (κ1) is 17.4. The van der Waals surface area contributed by atoms with Gasteiger partial charge in [-0.25, -0.2) is 4.68 Å². The van der Waals surface area contributed by atoms with Crippen molar-refractivity contribution in [1.82, 2.24) is 20.2 Å². The molecule has 0 amide bonds. The Bertz CT molecular complexity index is 802. The van der Waals surface area contributed by atoms with Crippen LogP contribution in [0.4, 0.5) is 5.69 Å². The van der Waals surface area contributed by atoms with E-state index in [1.807, 2.05) is 10.7 Å². The summed E-state index contributed by atoms with van der Waals surface area (Å²) in [5, 5.41) is 12.3. The van der Waals surface area contributed by atoms with Crippen LogP contribution in [0.2, 0.25) is 0 Å². The molecule has 0 aliphatic carbocycles. The standard InChI is InChI=1S/C19H21N5.ClH/c1-2-7-16(8-3-1)12-14-24-19(20-21-22-24)15-23-13-6-10-17-9-4-5-11-18(17)23;/h1-5,7-9,11H,6,10,12-15H2;1H/p-1. The monoisotopic (exact) mass is 354 g/mol. The smallest absolute Gasteiger partial charge is 0.170 e. The average Bonchev–Trinajstić information content (AvgIpc) is 3.08. The van der Waals surface area contributed by atoms with E-state index >= 15 is 0 Å². The third-order valence-electron chi connectivity index (χ3n) is 4.60. The summed E-state index contributed by atoms with van der Waals surface area (Å²) in [6.45, 7) is 2.63. The SMILES string of the molecule is [Cl-].c1ccc(CCn2nnnc2CN2CCCc3ccccc32)cc1. The fourth-order valence-corrected chi connectivity index (χ4v) is 3.34. The lowest BCUT2D eigenvalue weighted by Crippen LogP contribution is -3.00. The number of para-hydroxylation sites is 1. The van der Waals surface area contributed by atoms with Crippen LogP contribution in [-0.2, 0) is 25.9 Å². The molecule has 25 heavy (non-hydrogen) atoms. The van der Waals surface area contributed by atoms with Crippen molar-refractivity contribution >= 4 is 5.69 Å². The molecule has 1 aliphatic heterocycles. The van der Waals surface area contributed by atoms with Gasteiger partial charge in [-0.3, -0.25) is 0 Å². The van der Waals surface area contributed by atoms with Crippen molar-refractivity contribution in [2.45, 2.75) is 32.4 Å². The first-order chi connectivity index (χ1) is 11.9. The summed E-state index contributed by atoms with van der Waals surface area (Å²) in [6, 6.07) is 19.1. The first-order valence-electron chi connectivity index (χ1n) is 8.52. The maximum Gasteiger partial charge on any atom is 0.170 e.